The zero-order chi connectivity index (χ0) is 15.4. The summed E-state index contributed by atoms with van der Waals surface area (Å²) in [6.45, 7) is 2.46. The molecule has 0 saturated carbocycles. The van der Waals surface area contributed by atoms with Crippen molar-refractivity contribution in [3.8, 4) is 5.75 Å². The maximum Gasteiger partial charge on any atom is 0.138 e. The number of rotatable bonds is 5. The molecule has 0 spiro atoms. The summed E-state index contributed by atoms with van der Waals surface area (Å²) in [4.78, 5) is 0. The predicted octanol–water partition coefficient (Wildman–Crippen LogP) is 5.51. The Balaban J connectivity index is 2.07. The van der Waals surface area contributed by atoms with E-state index in [0.29, 0.717) is 27.4 Å². The highest BCUT2D eigenvalue weighted by Crippen LogP contribution is 2.29. The lowest BCUT2D eigenvalue weighted by atomic mass is 10.1. The van der Waals surface area contributed by atoms with Crippen LogP contribution in [-0.2, 0) is 6.61 Å². The first-order chi connectivity index (χ1) is 10.0. The topological polar surface area (TPSA) is 21.3 Å². The van der Waals surface area contributed by atoms with Crippen LogP contribution in [0.1, 0.15) is 24.1 Å². The zero-order valence-electron chi connectivity index (χ0n) is 11.8. The van der Waals surface area contributed by atoms with Gasteiger partial charge in [-0.15, -0.1) is 0 Å². The molecule has 0 aliphatic rings. The van der Waals surface area contributed by atoms with Gasteiger partial charge < -0.3 is 10.1 Å². The summed E-state index contributed by atoms with van der Waals surface area (Å²) < 4.78 is 5.73. The quantitative estimate of drug-likeness (QED) is 0.772. The van der Waals surface area contributed by atoms with Crippen LogP contribution in [0.5, 0.6) is 5.75 Å². The summed E-state index contributed by atoms with van der Waals surface area (Å²) in [7, 11) is 1.91. The number of ether oxygens (including phenoxy) is 1. The molecule has 0 aliphatic heterocycles. The van der Waals surface area contributed by atoms with Gasteiger partial charge in [-0.3, -0.25) is 0 Å². The summed E-state index contributed by atoms with van der Waals surface area (Å²) in [5.74, 6) is 0.648. The van der Waals surface area contributed by atoms with E-state index in [0.717, 1.165) is 11.1 Å². The Labute approximate surface area is 140 Å². The van der Waals surface area contributed by atoms with Gasteiger partial charge in [0.2, 0.25) is 0 Å². The molecule has 0 bridgehead atoms. The van der Waals surface area contributed by atoms with E-state index < -0.39 is 0 Å². The molecule has 0 radical (unpaired) electrons. The standard InChI is InChI=1S/C16H16Cl3NO/c1-10(20-2)12-4-6-16(15(19)8-12)21-9-11-3-5-13(17)14(18)7-11/h3-8,10,20H,9H2,1-2H3. The van der Waals surface area contributed by atoms with E-state index in [4.69, 9.17) is 39.5 Å². The minimum atomic E-state index is 0.242. The Morgan fingerprint density at radius 3 is 2.38 bits per heavy atom. The molecule has 1 atom stereocenters. The van der Waals surface area contributed by atoms with Gasteiger partial charge in [-0.1, -0.05) is 46.9 Å². The summed E-state index contributed by atoms with van der Waals surface area (Å²) >= 11 is 18.1. The molecule has 0 aliphatic carbocycles. The molecular formula is C16H16Cl3NO. The fraction of sp³-hybridized carbons (Fsp3) is 0.250. The summed E-state index contributed by atoms with van der Waals surface area (Å²) in [6, 6.07) is 11.4. The maximum absolute atomic E-state index is 6.25. The Bertz CT molecular complexity index is 631. The Hall–Kier alpha value is -0.930. The number of halogens is 3. The molecule has 2 rings (SSSR count). The second-order valence-electron chi connectivity index (χ2n) is 4.74. The minimum Gasteiger partial charge on any atom is -0.487 e. The van der Waals surface area contributed by atoms with Crippen LogP contribution in [0, 0.1) is 0 Å². The molecule has 0 saturated heterocycles. The normalized spacial score (nSPS) is 12.2. The first kappa shape index (κ1) is 16.4. The SMILES string of the molecule is CNC(C)c1ccc(OCc2ccc(Cl)c(Cl)c2)c(Cl)c1. The summed E-state index contributed by atoms with van der Waals surface area (Å²) in [5.41, 5.74) is 2.05. The van der Waals surface area contributed by atoms with Crippen molar-refractivity contribution in [3.63, 3.8) is 0 Å². The van der Waals surface area contributed by atoms with E-state index in [2.05, 4.69) is 12.2 Å². The fourth-order valence-corrected chi connectivity index (χ4v) is 2.42. The van der Waals surface area contributed by atoms with Gasteiger partial charge in [0.05, 0.1) is 15.1 Å². The first-order valence-electron chi connectivity index (χ1n) is 6.54. The van der Waals surface area contributed by atoms with E-state index in [1.54, 1.807) is 12.1 Å². The van der Waals surface area contributed by atoms with Crippen molar-refractivity contribution < 1.29 is 4.74 Å². The van der Waals surface area contributed by atoms with Crippen molar-refractivity contribution in [1.29, 1.82) is 0 Å². The highest BCUT2D eigenvalue weighted by molar-refractivity contribution is 6.42. The Morgan fingerprint density at radius 1 is 1.00 bits per heavy atom. The average Bonchev–Trinajstić information content (AvgIpc) is 2.48. The van der Waals surface area contributed by atoms with Crippen molar-refractivity contribution in [2.24, 2.45) is 0 Å². The fourth-order valence-electron chi connectivity index (χ4n) is 1.86. The van der Waals surface area contributed by atoms with Crippen molar-refractivity contribution in [2.45, 2.75) is 19.6 Å². The van der Waals surface area contributed by atoms with Crippen LogP contribution in [0.2, 0.25) is 15.1 Å². The average molecular weight is 345 g/mol. The largest absolute Gasteiger partial charge is 0.487 e. The lowest BCUT2D eigenvalue weighted by Gasteiger charge is -2.13. The third-order valence-corrected chi connectivity index (χ3v) is 4.30. The molecule has 1 unspecified atom stereocenters. The van der Waals surface area contributed by atoms with Crippen molar-refractivity contribution in [2.75, 3.05) is 7.05 Å². The zero-order valence-corrected chi connectivity index (χ0v) is 14.1. The van der Waals surface area contributed by atoms with Crippen molar-refractivity contribution in [3.05, 3.63) is 62.6 Å². The molecule has 0 aromatic heterocycles. The van der Waals surface area contributed by atoms with Crippen molar-refractivity contribution in [1.82, 2.24) is 5.32 Å². The van der Waals surface area contributed by atoms with E-state index in [-0.39, 0.29) is 6.04 Å². The summed E-state index contributed by atoms with van der Waals surface area (Å²) in [5, 5.41) is 4.81. The smallest absolute Gasteiger partial charge is 0.138 e. The van der Waals surface area contributed by atoms with Gasteiger partial charge in [-0.2, -0.15) is 0 Å². The monoisotopic (exact) mass is 343 g/mol. The lowest BCUT2D eigenvalue weighted by molar-refractivity contribution is 0.306. The Kier molecular flexibility index (Phi) is 5.77. The van der Waals surface area contributed by atoms with Gasteiger partial charge in [0.15, 0.2) is 0 Å². The van der Waals surface area contributed by atoms with Crippen LogP contribution in [0.4, 0.5) is 0 Å². The third kappa shape index (κ3) is 4.27. The molecule has 112 valence electrons. The second kappa shape index (κ2) is 7.37. The van der Waals surface area contributed by atoms with Gasteiger partial charge in [0.25, 0.3) is 0 Å². The number of hydrogen-bond donors (Lipinski definition) is 1. The van der Waals surface area contributed by atoms with Crippen LogP contribution in [0.25, 0.3) is 0 Å². The van der Waals surface area contributed by atoms with Crippen LogP contribution in [0.15, 0.2) is 36.4 Å². The van der Waals surface area contributed by atoms with Crippen molar-refractivity contribution >= 4 is 34.8 Å². The molecule has 2 aromatic rings. The molecule has 5 heteroatoms. The third-order valence-electron chi connectivity index (χ3n) is 3.27. The molecule has 0 amide bonds. The molecule has 0 fully saturated rings. The highest BCUT2D eigenvalue weighted by atomic mass is 35.5. The number of hydrogen-bond acceptors (Lipinski definition) is 2. The van der Waals surface area contributed by atoms with Crippen LogP contribution in [0.3, 0.4) is 0 Å². The molecule has 0 heterocycles. The van der Waals surface area contributed by atoms with Gasteiger partial charge >= 0.3 is 0 Å². The number of nitrogens with one attached hydrogen (secondary N) is 1. The molecule has 2 aromatic carbocycles. The highest BCUT2D eigenvalue weighted by Gasteiger charge is 2.08. The second-order valence-corrected chi connectivity index (χ2v) is 5.96. The van der Waals surface area contributed by atoms with Gasteiger partial charge in [0.1, 0.15) is 12.4 Å². The van der Waals surface area contributed by atoms with Crippen LogP contribution in [-0.4, -0.2) is 7.05 Å². The minimum absolute atomic E-state index is 0.242. The predicted molar refractivity (Wildman–Crippen MR) is 89.7 cm³/mol. The van der Waals surface area contributed by atoms with E-state index in [1.165, 1.54) is 0 Å². The van der Waals surface area contributed by atoms with E-state index in [9.17, 15) is 0 Å². The number of benzene rings is 2. The first-order valence-corrected chi connectivity index (χ1v) is 7.68. The van der Waals surface area contributed by atoms with Crippen LogP contribution < -0.4 is 10.1 Å². The maximum atomic E-state index is 6.25. The van der Waals surface area contributed by atoms with Gasteiger partial charge in [-0.05, 0) is 49.4 Å². The molecule has 1 N–H and O–H groups in total. The van der Waals surface area contributed by atoms with E-state index >= 15 is 0 Å². The Morgan fingerprint density at radius 2 is 1.76 bits per heavy atom. The lowest BCUT2D eigenvalue weighted by Crippen LogP contribution is -2.12. The van der Waals surface area contributed by atoms with Crippen LogP contribution >= 0.6 is 34.8 Å². The van der Waals surface area contributed by atoms with Gasteiger partial charge in [-0.25, -0.2) is 0 Å². The summed E-state index contributed by atoms with van der Waals surface area (Å²) in [6.07, 6.45) is 0. The van der Waals surface area contributed by atoms with E-state index in [1.807, 2.05) is 31.3 Å². The molecule has 2 nitrogen and oxygen atoms in total. The molecular weight excluding hydrogens is 329 g/mol. The van der Waals surface area contributed by atoms with Gasteiger partial charge in [0, 0.05) is 6.04 Å². The molecule has 21 heavy (non-hydrogen) atoms.